The molecule has 0 radical (unpaired) electrons. The second kappa shape index (κ2) is 8.48. The van der Waals surface area contributed by atoms with Crippen molar-refractivity contribution in [2.45, 2.75) is 45.6 Å². The molecule has 1 heterocycles. The number of rotatable bonds is 7. The number of hydrogen-bond acceptors (Lipinski definition) is 3. The van der Waals surface area contributed by atoms with Crippen LogP contribution in [0.15, 0.2) is 0 Å². The van der Waals surface area contributed by atoms with Crippen LogP contribution in [0.2, 0.25) is 0 Å². The van der Waals surface area contributed by atoms with E-state index in [1.54, 1.807) is 0 Å². The summed E-state index contributed by atoms with van der Waals surface area (Å²) < 4.78 is 0. The molecule has 0 spiro atoms. The van der Waals surface area contributed by atoms with E-state index in [1.165, 1.54) is 13.0 Å². The zero-order valence-corrected chi connectivity index (χ0v) is 11.3. The molecule has 4 nitrogen and oxygen atoms in total. The molecule has 1 fully saturated rings. The molecule has 0 aliphatic carbocycles. The molecule has 100 valence electrons. The Morgan fingerprint density at radius 3 is 2.94 bits per heavy atom. The topological polar surface area (TPSA) is 44.4 Å². The molecule has 17 heavy (non-hydrogen) atoms. The fourth-order valence-corrected chi connectivity index (χ4v) is 2.32. The van der Waals surface area contributed by atoms with Crippen molar-refractivity contribution in [3.05, 3.63) is 0 Å². The summed E-state index contributed by atoms with van der Waals surface area (Å²) in [4.78, 5) is 13.8. The monoisotopic (exact) mass is 241 g/mol. The van der Waals surface area contributed by atoms with E-state index in [0.29, 0.717) is 12.5 Å². The van der Waals surface area contributed by atoms with Gasteiger partial charge in [-0.1, -0.05) is 13.8 Å². The average Bonchev–Trinajstić information content (AvgIpc) is 2.52. The Balaban J connectivity index is 2.17. The Labute approximate surface area is 105 Å². The van der Waals surface area contributed by atoms with Crippen LogP contribution >= 0.6 is 0 Å². The first kappa shape index (κ1) is 14.5. The number of likely N-dealkylation sites (N-methyl/N-ethyl adjacent to an activating group) is 1. The SMILES string of the molecule is CCCN(CC)CCNC1CCCNC(=O)C1. The molecule has 0 aromatic heterocycles. The van der Waals surface area contributed by atoms with E-state index in [-0.39, 0.29) is 5.91 Å². The zero-order chi connectivity index (χ0) is 12.5. The van der Waals surface area contributed by atoms with Gasteiger partial charge in [0.1, 0.15) is 0 Å². The molecule has 1 saturated heterocycles. The van der Waals surface area contributed by atoms with Crippen LogP contribution in [-0.4, -0.2) is 49.6 Å². The highest BCUT2D eigenvalue weighted by atomic mass is 16.1. The minimum atomic E-state index is 0.195. The van der Waals surface area contributed by atoms with Gasteiger partial charge in [0.15, 0.2) is 0 Å². The van der Waals surface area contributed by atoms with E-state index in [4.69, 9.17) is 0 Å². The van der Waals surface area contributed by atoms with Crippen LogP contribution in [0.4, 0.5) is 0 Å². The molecular weight excluding hydrogens is 214 g/mol. The summed E-state index contributed by atoms with van der Waals surface area (Å²) in [7, 11) is 0. The van der Waals surface area contributed by atoms with Crippen LogP contribution in [0.3, 0.4) is 0 Å². The van der Waals surface area contributed by atoms with Gasteiger partial charge in [-0.3, -0.25) is 4.79 Å². The lowest BCUT2D eigenvalue weighted by molar-refractivity contribution is -0.121. The molecular formula is C13H27N3O. The second-order valence-electron chi connectivity index (χ2n) is 4.78. The van der Waals surface area contributed by atoms with E-state index in [0.717, 1.165) is 39.0 Å². The molecule has 4 heteroatoms. The number of nitrogens with zero attached hydrogens (tertiary/aromatic N) is 1. The van der Waals surface area contributed by atoms with E-state index >= 15 is 0 Å². The number of nitrogens with one attached hydrogen (secondary N) is 2. The molecule has 2 N–H and O–H groups in total. The Morgan fingerprint density at radius 1 is 1.41 bits per heavy atom. The minimum Gasteiger partial charge on any atom is -0.356 e. The summed E-state index contributed by atoms with van der Waals surface area (Å²) in [5.74, 6) is 0.195. The summed E-state index contributed by atoms with van der Waals surface area (Å²) in [6, 6.07) is 0.373. The van der Waals surface area contributed by atoms with Gasteiger partial charge in [0.2, 0.25) is 5.91 Å². The largest absolute Gasteiger partial charge is 0.356 e. The van der Waals surface area contributed by atoms with Crippen LogP contribution in [0, 0.1) is 0 Å². The zero-order valence-electron chi connectivity index (χ0n) is 11.3. The molecule has 1 aliphatic heterocycles. The average molecular weight is 241 g/mol. The molecule has 1 atom stereocenters. The van der Waals surface area contributed by atoms with E-state index < -0.39 is 0 Å². The Bertz CT molecular complexity index is 221. The molecule has 0 aromatic carbocycles. The van der Waals surface area contributed by atoms with Crippen molar-refractivity contribution in [2.75, 3.05) is 32.7 Å². The minimum absolute atomic E-state index is 0.195. The van der Waals surface area contributed by atoms with Crippen molar-refractivity contribution in [1.29, 1.82) is 0 Å². The Morgan fingerprint density at radius 2 is 2.24 bits per heavy atom. The normalized spacial score (nSPS) is 21.4. The Kier molecular flexibility index (Phi) is 7.21. The molecule has 1 rings (SSSR count). The molecule has 1 aliphatic rings. The lowest BCUT2D eigenvalue weighted by atomic mass is 10.1. The van der Waals surface area contributed by atoms with Gasteiger partial charge >= 0.3 is 0 Å². The fraction of sp³-hybridized carbons (Fsp3) is 0.923. The lowest BCUT2D eigenvalue weighted by Gasteiger charge is -2.22. The van der Waals surface area contributed by atoms with Gasteiger partial charge in [0.05, 0.1) is 0 Å². The predicted molar refractivity (Wildman–Crippen MR) is 71.1 cm³/mol. The van der Waals surface area contributed by atoms with Crippen LogP contribution in [-0.2, 0) is 4.79 Å². The number of carbonyl (C=O) groups is 1. The van der Waals surface area contributed by atoms with Gasteiger partial charge in [0.25, 0.3) is 0 Å². The summed E-state index contributed by atoms with van der Waals surface area (Å²) in [5.41, 5.74) is 0. The summed E-state index contributed by atoms with van der Waals surface area (Å²) in [5, 5.41) is 6.43. The Hall–Kier alpha value is -0.610. The van der Waals surface area contributed by atoms with Crippen LogP contribution in [0.25, 0.3) is 0 Å². The van der Waals surface area contributed by atoms with Crippen LogP contribution < -0.4 is 10.6 Å². The van der Waals surface area contributed by atoms with E-state index in [2.05, 4.69) is 29.4 Å². The van der Waals surface area contributed by atoms with Crippen molar-refractivity contribution in [3.63, 3.8) is 0 Å². The van der Waals surface area contributed by atoms with Crippen LogP contribution in [0.1, 0.15) is 39.5 Å². The molecule has 0 saturated carbocycles. The third-order valence-electron chi connectivity index (χ3n) is 3.33. The van der Waals surface area contributed by atoms with Gasteiger partial charge in [-0.15, -0.1) is 0 Å². The highest BCUT2D eigenvalue weighted by molar-refractivity contribution is 5.76. The maximum absolute atomic E-state index is 11.4. The fourth-order valence-electron chi connectivity index (χ4n) is 2.32. The third-order valence-corrected chi connectivity index (χ3v) is 3.33. The van der Waals surface area contributed by atoms with Gasteiger partial charge in [-0.2, -0.15) is 0 Å². The first-order chi connectivity index (χ1) is 8.26. The summed E-state index contributed by atoms with van der Waals surface area (Å²) >= 11 is 0. The van der Waals surface area contributed by atoms with Gasteiger partial charge in [-0.25, -0.2) is 0 Å². The van der Waals surface area contributed by atoms with Gasteiger partial charge in [0, 0.05) is 32.1 Å². The van der Waals surface area contributed by atoms with Crippen molar-refractivity contribution < 1.29 is 4.79 Å². The van der Waals surface area contributed by atoms with Gasteiger partial charge in [-0.05, 0) is 32.4 Å². The van der Waals surface area contributed by atoms with E-state index in [9.17, 15) is 4.79 Å². The van der Waals surface area contributed by atoms with Crippen molar-refractivity contribution in [2.24, 2.45) is 0 Å². The standard InChI is InChI=1S/C13H27N3O/c1-3-9-16(4-2)10-8-14-12-6-5-7-15-13(17)11-12/h12,14H,3-11H2,1-2H3,(H,15,17). The first-order valence-electron chi connectivity index (χ1n) is 6.98. The smallest absolute Gasteiger partial charge is 0.221 e. The first-order valence-corrected chi connectivity index (χ1v) is 6.98. The highest BCUT2D eigenvalue weighted by Gasteiger charge is 2.16. The number of carbonyl (C=O) groups excluding carboxylic acids is 1. The molecule has 1 amide bonds. The lowest BCUT2D eigenvalue weighted by Crippen LogP contribution is -2.38. The predicted octanol–water partition coefficient (Wildman–Crippen LogP) is 0.977. The summed E-state index contributed by atoms with van der Waals surface area (Å²) in [6.45, 7) is 9.62. The molecule has 0 bridgehead atoms. The maximum atomic E-state index is 11.4. The number of amides is 1. The second-order valence-corrected chi connectivity index (χ2v) is 4.78. The van der Waals surface area contributed by atoms with Gasteiger partial charge < -0.3 is 15.5 Å². The highest BCUT2D eigenvalue weighted by Crippen LogP contribution is 2.05. The number of hydrogen-bond donors (Lipinski definition) is 2. The van der Waals surface area contributed by atoms with E-state index in [1.807, 2.05) is 0 Å². The van der Waals surface area contributed by atoms with Crippen molar-refractivity contribution >= 4 is 5.91 Å². The third kappa shape index (κ3) is 6.03. The quantitative estimate of drug-likeness (QED) is 0.698. The van der Waals surface area contributed by atoms with Crippen LogP contribution in [0.5, 0.6) is 0 Å². The summed E-state index contributed by atoms with van der Waals surface area (Å²) in [6.07, 6.45) is 4.05. The van der Waals surface area contributed by atoms with Crippen molar-refractivity contribution in [1.82, 2.24) is 15.5 Å². The maximum Gasteiger partial charge on any atom is 0.221 e. The van der Waals surface area contributed by atoms with Crippen molar-refractivity contribution in [3.8, 4) is 0 Å². The molecule has 0 aromatic rings. The molecule has 1 unspecified atom stereocenters.